The van der Waals surface area contributed by atoms with Crippen LogP contribution in [0.3, 0.4) is 0 Å². The van der Waals surface area contributed by atoms with Crippen molar-refractivity contribution >= 4 is 33.0 Å². The van der Waals surface area contributed by atoms with E-state index in [1.54, 1.807) is 19.1 Å². The number of nitrogens with zero attached hydrogens (tertiary/aromatic N) is 1. The standard InChI is InChI=1S/C21H19N3O6S/c1-14-12-15(21(25)22-16-4-3-5-17(13-16)24(26)27)6-11-20(14)23-31(28,29)19-9-7-18(30-2)8-10-19/h3-13,23H,1-2H3,(H,22,25). The molecule has 1 amide bonds. The van der Waals surface area contributed by atoms with Crippen LogP contribution in [-0.4, -0.2) is 26.4 Å². The third kappa shape index (κ3) is 5.17. The van der Waals surface area contributed by atoms with E-state index in [1.807, 2.05) is 0 Å². The molecular formula is C21H19N3O6S. The smallest absolute Gasteiger partial charge is 0.271 e. The van der Waals surface area contributed by atoms with Crippen molar-refractivity contribution < 1.29 is 22.9 Å². The largest absolute Gasteiger partial charge is 0.497 e. The second-order valence-electron chi connectivity index (χ2n) is 6.57. The highest BCUT2D eigenvalue weighted by Crippen LogP contribution is 2.23. The molecule has 2 N–H and O–H groups in total. The predicted molar refractivity (Wildman–Crippen MR) is 116 cm³/mol. The summed E-state index contributed by atoms with van der Waals surface area (Å²) in [7, 11) is -2.34. The van der Waals surface area contributed by atoms with E-state index in [2.05, 4.69) is 10.0 Å². The second-order valence-corrected chi connectivity index (χ2v) is 8.25. The summed E-state index contributed by atoms with van der Waals surface area (Å²) in [6.45, 7) is 1.66. The van der Waals surface area contributed by atoms with Crippen LogP contribution in [0.5, 0.6) is 5.75 Å². The number of hydrogen-bond donors (Lipinski definition) is 2. The first kappa shape index (κ1) is 21.8. The first-order valence-electron chi connectivity index (χ1n) is 9.03. The first-order chi connectivity index (χ1) is 14.7. The molecule has 0 aliphatic carbocycles. The molecule has 0 heterocycles. The van der Waals surface area contributed by atoms with E-state index in [9.17, 15) is 23.3 Å². The van der Waals surface area contributed by atoms with Gasteiger partial charge in [-0.15, -0.1) is 0 Å². The molecule has 31 heavy (non-hydrogen) atoms. The van der Waals surface area contributed by atoms with E-state index in [-0.39, 0.29) is 21.8 Å². The highest BCUT2D eigenvalue weighted by molar-refractivity contribution is 7.92. The predicted octanol–water partition coefficient (Wildman–Crippen LogP) is 3.96. The number of amides is 1. The number of aryl methyl sites for hydroxylation is 1. The van der Waals surface area contributed by atoms with E-state index in [4.69, 9.17) is 4.74 Å². The Labute approximate surface area is 178 Å². The van der Waals surface area contributed by atoms with Gasteiger partial charge in [0.1, 0.15) is 5.75 Å². The summed E-state index contributed by atoms with van der Waals surface area (Å²) < 4.78 is 32.8. The second kappa shape index (κ2) is 8.84. The molecule has 0 aliphatic heterocycles. The number of methoxy groups -OCH3 is 1. The van der Waals surface area contributed by atoms with Gasteiger partial charge in [0.2, 0.25) is 0 Å². The molecule has 9 nitrogen and oxygen atoms in total. The number of nitro benzene ring substituents is 1. The van der Waals surface area contributed by atoms with Crippen molar-refractivity contribution in [3.63, 3.8) is 0 Å². The molecule has 0 unspecified atom stereocenters. The van der Waals surface area contributed by atoms with Crippen molar-refractivity contribution in [3.8, 4) is 5.75 Å². The molecular weight excluding hydrogens is 422 g/mol. The quantitative estimate of drug-likeness (QED) is 0.422. The number of non-ortho nitro benzene ring substituents is 1. The summed E-state index contributed by atoms with van der Waals surface area (Å²) in [6.07, 6.45) is 0. The van der Waals surface area contributed by atoms with Gasteiger partial charge in [0, 0.05) is 23.4 Å². The van der Waals surface area contributed by atoms with Crippen molar-refractivity contribution in [1.29, 1.82) is 0 Å². The van der Waals surface area contributed by atoms with Crippen LogP contribution in [0.25, 0.3) is 0 Å². The first-order valence-corrected chi connectivity index (χ1v) is 10.5. The average molecular weight is 441 g/mol. The lowest BCUT2D eigenvalue weighted by Crippen LogP contribution is -2.15. The van der Waals surface area contributed by atoms with Gasteiger partial charge in [0.05, 0.1) is 22.6 Å². The number of nitro groups is 1. The Morgan fingerprint density at radius 3 is 2.35 bits per heavy atom. The summed E-state index contributed by atoms with van der Waals surface area (Å²) >= 11 is 0. The number of sulfonamides is 1. The van der Waals surface area contributed by atoms with Crippen LogP contribution >= 0.6 is 0 Å². The molecule has 160 valence electrons. The normalized spacial score (nSPS) is 10.9. The molecule has 0 aliphatic rings. The number of carbonyl (C=O) groups excluding carboxylic acids is 1. The van der Waals surface area contributed by atoms with Crippen LogP contribution in [0.4, 0.5) is 17.1 Å². The maximum atomic E-state index is 12.6. The van der Waals surface area contributed by atoms with Gasteiger partial charge >= 0.3 is 0 Å². The summed E-state index contributed by atoms with van der Waals surface area (Å²) in [5, 5.41) is 13.5. The maximum Gasteiger partial charge on any atom is 0.271 e. The maximum absolute atomic E-state index is 12.6. The van der Waals surface area contributed by atoms with Crippen LogP contribution in [0, 0.1) is 17.0 Å². The van der Waals surface area contributed by atoms with Gasteiger partial charge in [0.15, 0.2) is 0 Å². The Morgan fingerprint density at radius 1 is 1.03 bits per heavy atom. The fraction of sp³-hybridized carbons (Fsp3) is 0.0952. The Kier molecular flexibility index (Phi) is 6.21. The van der Waals surface area contributed by atoms with Gasteiger partial charge in [-0.25, -0.2) is 8.42 Å². The molecule has 0 spiro atoms. The van der Waals surface area contributed by atoms with Crippen LogP contribution in [-0.2, 0) is 10.0 Å². The van der Waals surface area contributed by atoms with E-state index in [0.717, 1.165) is 0 Å². The topological polar surface area (TPSA) is 128 Å². The highest BCUT2D eigenvalue weighted by Gasteiger charge is 2.17. The molecule has 0 saturated heterocycles. The summed E-state index contributed by atoms with van der Waals surface area (Å²) in [5.41, 5.74) is 1.27. The van der Waals surface area contributed by atoms with E-state index in [1.165, 1.54) is 61.7 Å². The number of nitrogens with one attached hydrogen (secondary N) is 2. The molecule has 0 aromatic heterocycles. The average Bonchev–Trinajstić information content (AvgIpc) is 2.75. The van der Waals surface area contributed by atoms with E-state index >= 15 is 0 Å². The van der Waals surface area contributed by atoms with Crippen LogP contribution < -0.4 is 14.8 Å². The van der Waals surface area contributed by atoms with Gasteiger partial charge < -0.3 is 10.1 Å². The minimum atomic E-state index is -3.83. The molecule has 3 aromatic carbocycles. The molecule has 0 bridgehead atoms. The zero-order valence-corrected chi connectivity index (χ0v) is 17.5. The third-order valence-electron chi connectivity index (χ3n) is 4.42. The Morgan fingerprint density at radius 2 is 1.74 bits per heavy atom. The Bertz CT molecular complexity index is 1240. The fourth-order valence-electron chi connectivity index (χ4n) is 2.78. The van der Waals surface area contributed by atoms with Gasteiger partial charge in [-0.2, -0.15) is 0 Å². The van der Waals surface area contributed by atoms with Gasteiger partial charge in [0.25, 0.3) is 21.6 Å². The van der Waals surface area contributed by atoms with Crippen molar-refractivity contribution in [2.24, 2.45) is 0 Å². The van der Waals surface area contributed by atoms with Gasteiger partial charge in [-0.1, -0.05) is 6.07 Å². The number of anilines is 2. The van der Waals surface area contributed by atoms with E-state index in [0.29, 0.717) is 17.0 Å². The number of hydrogen-bond acceptors (Lipinski definition) is 6. The molecule has 3 rings (SSSR count). The molecule has 0 saturated carbocycles. The number of rotatable bonds is 7. The van der Waals surface area contributed by atoms with Crippen molar-refractivity contribution in [1.82, 2.24) is 0 Å². The number of carbonyl (C=O) groups is 1. The summed E-state index contributed by atoms with van der Waals surface area (Å²) in [4.78, 5) is 22.9. The summed E-state index contributed by atoms with van der Waals surface area (Å²) in [6, 6.07) is 16.0. The Balaban J connectivity index is 1.76. The SMILES string of the molecule is COc1ccc(S(=O)(=O)Nc2ccc(C(=O)Nc3cccc([N+](=O)[O-])c3)cc2C)cc1. The minimum Gasteiger partial charge on any atom is -0.497 e. The van der Waals surface area contributed by atoms with Crippen molar-refractivity contribution in [3.05, 3.63) is 88.0 Å². The lowest BCUT2D eigenvalue weighted by Gasteiger charge is -2.12. The highest BCUT2D eigenvalue weighted by atomic mass is 32.2. The molecule has 0 radical (unpaired) electrons. The Hall–Kier alpha value is -3.92. The molecule has 0 fully saturated rings. The fourth-order valence-corrected chi connectivity index (χ4v) is 3.91. The number of benzene rings is 3. The van der Waals surface area contributed by atoms with Crippen molar-refractivity contribution in [2.45, 2.75) is 11.8 Å². The van der Waals surface area contributed by atoms with Crippen LogP contribution in [0.15, 0.2) is 71.6 Å². The lowest BCUT2D eigenvalue weighted by molar-refractivity contribution is -0.384. The zero-order valence-electron chi connectivity index (χ0n) is 16.7. The molecule has 3 aromatic rings. The van der Waals surface area contributed by atoms with Crippen LogP contribution in [0.1, 0.15) is 15.9 Å². The minimum absolute atomic E-state index is 0.0696. The van der Waals surface area contributed by atoms with Gasteiger partial charge in [-0.05, 0) is 61.0 Å². The van der Waals surface area contributed by atoms with Crippen LogP contribution in [0.2, 0.25) is 0 Å². The van der Waals surface area contributed by atoms with Gasteiger partial charge in [-0.3, -0.25) is 19.6 Å². The van der Waals surface area contributed by atoms with E-state index < -0.39 is 20.9 Å². The van der Waals surface area contributed by atoms with Crippen molar-refractivity contribution in [2.75, 3.05) is 17.1 Å². The third-order valence-corrected chi connectivity index (χ3v) is 5.80. The number of ether oxygens (including phenoxy) is 1. The monoisotopic (exact) mass is 441 g/mol. The zero-order chi connectivity index (χ0) is 22.6. The summed E-state index contributed by atoms with van der Waals surface area (Å²) in [5.74, 6) is 0.0578. The molecule has 0 atom stereocenters. The lowest BCUT2D eigenvalue weighted by atomic mass is 10.1. The molecule has 10 heteroatoms.